The molecule has 0 bridgehead atoms. The van der Waals surface area contributed by atoms with Crippen LogP contribution in [0, 0.1) is 0 Å². The third-order valence-corrected chi connectivity index (χ3v) is 1.31. The molecular formula is C7H13F3. The Morgan fingerprint density at radius 2 is 1.50 bits per heavy atom. The summed E-state index contributed by atoms with van der Waals surface area (Å²) in [5.41, 5.74) is 0. The molecule has 0 aliphatic rings. The minimum atomic E-state index is -2.19. The van der Waals surface area contributed by atoms with E-state index >= 15 is 0 Å². The van der Waals surface area contributed by atoms with Gasteiger partial charge in [-0.2, -0.15) is 0 Å². The molecular weight excluding hydrogens is 141 g/mol. The van der Waals surface area contributed by atoms with Gasteiger partial charge in [-0.05, 0) is 12.8 Å². The molecule has 0 saturated carbocycles. The van der Waals surface area contributed by atoms with Gasteiger partial charge in [0, 0.05) is 6.42 Å². The zero-order valence-electron chi connectivity index (χ0n) is 5.95. The molecule has 3 heteroatoms. The average molecular weight is 154 g/mol. The lowest BCUT2D eigenvalue weighted by molar-refractivity contribution is 0.133. The standard InChI is InChI=1S/C7H13F3/c8-6-4-2-1-3-5-7(9)10/h7H,1-6H2. The molecule has 0 N–H and O–H groups in total. The molecule has 62 valence electrons. The van der Waals surface area contributed by atoms with E-state index in [0.717, 1.165) is 12.8 Å². The highest BCUT2D eigenvalue weighted by atomic mass is 19.3. The lowest BCUT2D eigenvalue weighted by Crippen LogP contribution is -1.89. The smallest absolute Gasteiger partial charge is 0.238 e. The molecule has 0 nitrogen and oxygen atoms in total. The predicted molar refractivity (Wildman–Crippen MR) is 35.1 cm³/mol. The molecule has 0 aromatic heterocycles. The zero-order valence-corrected chi connectivity index (χ0v) is 5.95. The molecule has 0 amide bonds. The molecule has 0 aromatic carbocycles. The van der Waals surface area contributed by atoms with E-state index in [1.807, 2.05) is 0 Å². The van der Waals surface area contributed by atoms with Gasteiger partial charge in [0.1, 0.15) is 0 Å². The second-order valence-corrected chi connectivity index (χ2v) is 2.28. The van der Waals surface area contributed by atoms with Crippen LogP contribution in [-0.4, -0.2) is 13.1 Å². The molecule has 0 aliphatic carbocycles. The van der Waals surface area contributed by atoms with Crippen molar-refractivity contribution in [1.29, 1.82) is 0 Å². The van der Waals surface area contributed by atoms with Gasteiger partial charge in [0.15, 0.2) is 0 Å². The van der Waals surface area contributed by atoms with Gasteiger partial charge >= 0.3 is 0 Å². The van der Waals surface area contributed by atoms with Crippen molar-refractivity contribution in [3.63, 3.8) is 0 Å². The van der Waals surface area contributed by atoms with E-state index in [4.69, 9.17) is 0 Å². The van der Waals surface area contributed by atoms with Gasteiger partial charge in [-0.15, -0.1) is 0 Å². The first-order valence-electron chi connectivity index (χ1n) is 3.61. The van der Waals surface area contributed by atoms with Crippen LogP contribution in [0.4, 0.5) is 13.2 Å². The molecule has 0 aromatic rings. The van der Waals surface area contributed by atoms with Crippen molar-refractivity contribution in [3.8, 4) is 0 Å². The van der Waals surface area contributed by atoms with Crippen molar-refractivity contribution < 1.29 is 13.2 Å². The molecule has 0 rings (SSSR count). The Morgan fingerprint density at radius 3 is 2.00 bits per heavy atom. The first-order chi connectivity index (χ1) is 4.77. The van der Waals surface area contributed by atoms with E-state index in [1.54, 1.807) is 0 Å². The molecule has 0 fully saturated rings. The van der Waals surface area contributed by atoms with Crippen LogP contribution in [0.25, 0.3) is 0 Å². The highest BCUT2D eigenvalue weighted by Gasteiger charge is 2.00. The predicted octanol–water partition coefficient (Wildman–Crippen LogP) is 3.17. The normalized spacial score (nSPS) is 10.8. The van der Waals surface area contributed by atoms with Crippen LogP contribution < -0.4 is 0 Å². The van der Waals surface area contributed by atoms with Gasteiger partial charge in [0.05, 0.1) is 6.67 Å². The fraction of sp³-hybridized carbons (Fsp3) is 1.00. The third kappa shape index (κ3) is 7.79. The van der Waals surface area contributed by atoms with Gasteiger partial charge < -0.3 is 0 Å². The Bertz CT molecular complexity index is 63.9. The average Bonchev–Trinajstić information content (AvgIpc) is 1.87. The molecule has 0 heterocycles. The molecule has 0 spiro atoms. The van der Waals surface area contributed by atoms with Gasteiger partial charge in [-0.3, -0.25) is 4.39 Å². The summed E-state index contributed by atoms with van der Waals surface area (Å²) in [6, 6.07) is 0. The maximum absolute atomic E-state index is 11.5. The Morgan fingerprint density at radius 1 is 0.900 bits per heavy atom. The maximum atomic E-state index is 11.5. The Balaban J connectivity index is 2.77. The summed E-state index contributed by atoms with van der Waals surface area (Å²) >= 11 is 0. The topological polar surface area (TPSA) is 0 Å². The number of alkyl halides is 3. The summed E-state index contributed by atoms with van der Waals surface area (Å²) in [7, 11) is 0. The van der Waals surface area contributed by atoms with E-state index in [2.05, 4.69) is 0 Å². The summed E-state index contributed by atoms with van der Waals surface area (Å²) in [5, 5.41) is 0. The minimum Gasteiger partial charge on any atom is -0.251 e. The summed E-state index contributed by atoms with van der Waals surface area (Å²) < 4.78 is 34.4. The van der Waals surface area contributed by atoms with Crippen molar-refractivity contribution in [3.05, 3.63) is 0 Å². The third-order valence-electron chi connectivity index (χ3n) is 1.31. The van der Waals surface area contributed by atoms with Crippen LogP contribution >= 0.6 is 0 Å². The van der Waals surface area contributed by atoms with E-state index in [-0.39, 0.29) is 13.1 Å². The van der Waals surface area contributed by atoms with Crippen LogP contribution in [0.2, 0.25) is 0 Å². The first kappa shape index (κ1) is 9.79. The van der Waals surface area contributed by atoms with Crippen LogP contribution in [0.1, 0.15) is 32.1 Å². The Labute approximate surface area is 59.4 Å². The van der Waals surface area contributed by atoms with E-state index in [9.17, 15) is 13.2 Å². The SMILES string of the molecule is FCCCCCCC(F)F. The number of halogens is 3. The van der Waals surface area contributed by atoms with E-state index < -0.39 is 6.43 Å². The maximum Gasteiger partial charge on any atom is 0.238 e. The van der Waals surface area contributed by atoms with E-state index in [1.165, 1.54) is 0 Å². The van der Waals surface area contributed by atoms with Gasteiger partial charge in [0.25, 0.3) is 0 Å². The molecule has 0 aliphatic heterocycles. The monoisotopic (exact) mass is 154 g/mol. The number of unbranched alkanes of at least 4 members (excludes halogenated alkanes) is 3. The van der Waals surface area contributed by atoms with Crippen molar-refractivity contribution in [2.45, 2.75) is 38.5 Å². The zero-order chi connectivity index (χ0) is 7.82. The fourth-order valence-corrected chi connectivity index (χ4v) is 0.747. The Hall–Kier alpha value is -0.210. The minimum absolute atomic E-state index is 0.0354. The molecule has 0 atom stereocenters. The van der Waals surface area contributed by atoms with Crippen LogP contribution in [-0.2, 0) is 0 Å². The second kappa shape index (κ2) is 6.90. The van der Waals surface area contributed by atoms with Crippen molar-refractivity contribution >= 4 is 0 Å². The largest absolute Gasteiger partial charge is 0.251 e. The Kier molecular flexibility index (Phi) is 6.76. The molecule has 10 heavy (non-hydrogen) atoms. The number of hydrogen-bond acceptors (Lipinski definition) is 0. The van der Waals surface area contributed by atoms with Crippen molar-refractivity contribution in [1.82, 2.24) is 0 Å². The highest BCUT2D eigenvalue weighted by Crippen LogP contribution is 2.08. The second-order valence-electron chi connectivity index (χ2n) is 2.28. The fourth-order valence-electron chi connectivity index (χ4n) is 0.747. The van der Waals surface area contributed by atoms with Crippen LogP contribution in [0.3, 0.4) is 0 Å². The summed E-state index contributed by atoms with van der Waals surface area (Å²) in [6.07, 6.45) is 0.287. The molecule has 0 radical (unpaired) electrons. The first-order valence-corrected chi connectivity index (χ1v) is 3.61. The van der Waals surface area contributed by atoms with Gasteiger partial charge in [-0.25, -0.2) is 8.78 Å². The summed E-state index contributed by atoms with van der Waals surface area (Å²) in [4.78, 5) is 0. The van der Waals surface area contributed by atoms with Crippen molar-refractivity contribution in [2.24, 2.45) is 0 Å². The lowest BCUT2D eigenvalue weighted by Gasteiger charge is -1.97. The lowest BCUT2D eigenvalue weighted by atomic mass is 10.2. The van der Waals surface area contributed by atoms with Gasteiger partial charge in [-0.1, -0.05) is 12.8 Å². The summed E-state index contributed by atoms with van der Waals surface area (Å²) in [5.74, 6) is 0. The summed E-state index contributed by atoms with van der Waals surface area (Å²) in [6.45, 7) is -0.325. The quantitative estimate of drug-likeness (QED) is 0.515. The van der Waals surface area contributed by atoms with Gasteiger partial charge in [0.2, 0.25) is 6.43 Å². The van der Waals surface area contributed by atoms with E-state index in [0.29, 0.717) is 12.8 Å². The molecule has 0 saturated heterocycles. The highest BCUT2D eigenvalue weighted by molar-refractivity contribution is 4.44. The number of hydrogen-bond donors (Lipinski definition) is 0. The van der Waals surface area contributed by atoms with Crippen molar-refractivity contribution in [2.75, 3.05) is 6.67 Å². The van der Waals surface area contributed by atoms with Crippen LogP contribution in [0.5, 0.6) is 0 Å². The number of rotatable bonds is 6. The molecule has 0 unspecified atom stereocenters. The van der Waals surface area contributed by atoms with Crippen LogP contribution in [0.15, 0.2) is 0 Å².